The van der Waals surface area contributed by atoms with Crippen molar-refractivity contribution in [3.63, 3.8) is 0 Å². The summed E-state index contributed by atoms with van der Waals surface area (Å²) >= 11 is 6.24. The number of halogens is 1. The van der Waals surface area contributed by atoms with Crippen LogP contribution in [-0.4, -0.2) is 24.5 Å². The Morgan fingerprint density at radius 2 is 2.09 bits per heavy atom. The molecule has 1 fully saturated rings. The van der Waals surface area contributed by atoms with E-state index in [4.69, 9.17) is 15.8 Å². The average Bonchev–Trinajstić information content (AvgIpc) is 3.21. The first-order chi connectivity index (χ1) is 10.8. The summed E-state index contributed by atoms with van der Waals surface area (Å²) in [7, 11) is -2.01. The maximum absolute atomic E-state index is 11.3. The van der Waals surface area contributed by atoms with Crippen LogP contribution < -0.4 is 4.18 Å². The summed E-state index contributed by atoms with van der Waals surface area (Å²) in [4.78, 5) is 0. The molecule has 23 heavy (non-hydrogen) atoms. The fourth-order valence-electron chi connectivity index (χ4n) is 2.03. The molecule has 120 valence electrons. The minimum absolute atomic E-state index is 0.132. The Balaban J connectivity index is 1.96. The molecule has 0 aliphatic heterocycles. The van der Waals surface area contributed by atoms with Crippen molar-refractivity contribution < 1.29 is 12.6 Å². The molecule has 0 atom stereocenters. The minimum Gasteiger partial charge on any atom is -0.362 e. The average molecular weight is 351 g/mol. The topological polar surface area (TPSA) is 61.2 Å². The molecule has 0 bridgehead atoms. The van der Waals surface area contributed by atoms with Gasteiger partial charge in [-0.1, -0.05) is 23.4 Å². The highest BCUT2D eigenvalue weighted by molar-refractivity contribution is 7.86. The fourth-order valence-corrected chi connectivity index (χ4v) is 2.71. The smallest absolute Gasteiger partial charge is 0.307 e. The summed E-state index contributed by atoms with van der Waals surface area (Å²) in [5, 5.41) is 4.79. The zero-order chi connectivity index (χ0) is 16.6. The predicted molar refractivity (Wildman–Crippen MR) is 88.7 cm³/mol. The van der Waals surface area contributed by atoms with E-state index in [0.717, 1.165) is 11.8 Å². The molecule has 3 rings (SSSR count). The van der Waals surface area contributed by atoms with Crippen LogP contribution in [0.1, 0.15) is 18.4 Å². The number of benzene rings is 1. The van der Waals surface area contributed by atoms with E-state index < -0.39 is 10.1 Å². The third kappa shape index (κ3) is 4.06. The lowest BCUT2D eigenvalue weighted by Crippen LogP contribution is -2.08. The molecule has 0 radical (unpaired) electrons. The van der Waals surface area contributed by atoms with Gasteiger partial charge in [-0.3, -0.25) is 0 Å². The summed E-state index contributed by atoms with van der Waals surface area (Å²) in [6.07, 6.45) is 3.32. The van der Waals surface area contributed by atoms with Crippen molar-refractivity contribution in [2.24, 2.45) is 13.0 Å². The molecule has 0 spiro atoms. The molecule has 0 amide bonds. The molecule has 1 aliphatic rings. The summed E-state index contributed by atoms with van der Waals surface area (Å²) in [6.45, 7) is 0. The van der Waals surface area contributed by atoms with Gasteiger partial charge in [0.15, 0.2) is 0 Å². The van der Waals surface area contributed by atoms with Crippen LogP contribution in [0.25, 0.3) is 11.3 Å². The minimum atomic E-state index is -3.61. The zero-order valence-electron chi connectivity index (χ0n) is 12.7. The highest BCUT2D eigenvalue weighted by atomic mass is 35.5. The fraction of sp³-hybridized carbons (Fsp3) is 0.312. The maximum atomic E-state index is 11.3. The van der Waals surface area contributed by atoms with Gasteiger partial charge in [-0.05, 0) is 31.0 Å². The van der Waals surface area contributed by atoms with Crippen LogP contribution in [0, 0.1) is 17.8 Å². The molecular weight excluding hydrogens is 336 g/mol. The quantitative estimate of drug-likeness (QED) is 0.631. The monoisotopic (exact) mass is 350 g/mol. The molecular formula is C16H15ClN2O3S. The Morgan fingerprint density at radius 1 is 1.35 bits per heavy atom. The third-order valence-electron chi connectivity index (χ3n) is 3.31. The Bertz CT molecular complexity index is 919. The predicted octanol–water partition coefficient (Wildman–Crippen LogP) is 2.84. The van der Waals surface area contributed by atoms with Crippen molar-refractivity contribution >= 4 is 21.7 Å². The van der Waals surface area contributed by atoms with Gasteiger partial charge in [0.1, 0.15) is 0 Å². The van der Waals surface area contributed by atoms with Crippen molar-refractivity contribution in [3.8, 4) is 29.0 Å². The Labute approximate surface area is 140 Å². The van der Waals surface area contributed by atoms with Crippen LogP contribution in [0.15, 0.2) is 24.3 Å². The van der Waals surface area contributed by atoms with Crippen molar-refractivity contribution in [2.45, 2.75) is 12.8 Å². The van der Waals surface area contributed by atoms with Gasteiger partial charge >= 0.3 is 10.1 Å². The standard InChI is InChI=1S/C16H15ClN2O3S/c1-19-16(22-23(2,20)21)10-15(18-19)13-9-12(7-8-14(13)17)6-5-11-3-4-11/h7-11H,3-4H2,1-2H3. The summed E-state index contributed by atoms with van der Waals surface area (Å²) in [5.41, 5.74) is 2.08. The van der Waals surface area contributed by atoms with Crippen LogP contribution in [0.3, 0.4) is 0 Å². The Morgan fingerprint density at radius 3 is 2.74 bits per heavy atom. The van der Waals surface area contributed by atoms with Crippen LogP contribution in [0.2, 0.25) is 5.02 Å². The molecule has 1 aliphatic carbocycles. The second-order valence-corrected chi connectivity index (χ2v) is 7.50. The van der Waals surface area contributed by atoms with Crippen LogP contribution in [0.5, 0.6) is 5.88 Å². The zero-order valence-corrected chi connectivity index (χ0v) is 14.3. The molecule has 1 aromatic carbocycles. The molecule has 0 saturated heterocycles. The van der Waals surface area contributed by atoms with E-state index in [2.05, 4.69) is 16.9 Å². The van der Waals surface area contributed by atoms with E-state index >= 15 is 0 Å². The van der Waals surface area contributed by atoms with E-state index in [1.165, 1.54) is 17.5 Å². The van der Waals surface area contributed by atoms with Crippen molar-refractivity contribution in [2.75, 3.05) is 6.26 Å². The lowest BCUT2D eigenvalue weighted by molar-refractivity contribution is 0.461. The highest BCUT2D eigenvalue weighted by Gasteiger charge is 2.18. The van der Waals surface area contributed by atoms with E-state index in [0.29, 0.717) is 22.2 Å². The van der Waals surface area contributed by atoms with Gasteiger partial charge < -0.3 is 4.18 Å². The Hall–Kier alpha value is -1.97. The first kappa shape index (κ1) is 15.9. The second-order valence-electron chi connectivity index (χ2n) is 5.52. The number of hydrogen-bond acceptors (Lipinski definition) is 4. The summed E-state index contributed by atoms with van der Waals surface area (Å²) in [6, 6.07) is 7.02. The van der Waals surface area contributed by atoms with Crippen LogP contribution in [-0.2, 0) is 17.2 Å². The van der Waals surface area contributed by atoms with Gasteiger partial charge in [0.2, 0.25) is 5.88 Å². The van der Waals surface area contributed by atoms with Gasteiger partial charge in [0, 0.05) is 30.2 Å². The van der Waals surface area contributed by atoms with Gasteiger partial charge in [0.05, 0.1) is 17.0 Å². The van der Waals surface area contributed by atoms with Gasteiger partial charge in [-0.2, -0.15) is 13.5 Å². The number of rotatable bonds is 3. The molecule has 0 unspecified atom stereocenters. The van der Waals surface area contributed by atoms with E-state index in [1.54, 1.807) is 19.2 Å². The molecule has 1 saturated carbocycles. The number of nitrogens with zero attached hydrogens (tertiary/aromatic N) is 2. The van der Waals surface area contributed by atoms with Crippen LogP contribution >= 0.6 is 11.6 Å². The SMILES string of the molecule is Cn1nc(-c2cc(C#CC3CC3)ccc2Cl)cc1OS(C)(=O)=O. The summed E-state index contributed by atoms with van der Waals surface area (Å²) in [5.74, 6) is 6.97. The highest BCUT2D eigenvalue weighted by Crippen LogP contribution is 2.31. The van der Waals surface area contributed by atoms with E-state index in [9.17, 15) is 8.42 Å². The first-order valence-electron chi connectivity index (χ1n) is 7.07. The maximum Gasteiger partial charge on any atom is 0.307 e. The largest absolute Gasteiger partial charge is 0.362 e. The lowest BCUT2D eigenvalue weighted by Gasteiger charge is -2.01. The Kier molecular flexibility index (Phi) is 4.09. The molecule has 2 aromatic rings. The third-order valence-corrected chi connectivity index (χ3v) is 4.12. The second kappa shape index (κ2) is 5.91. The van der Waals surface area contributed by atoms with Gasteiger partial charge in [0.25, 0.3) is 0 Å². The van der Waals surface area contributed by atoms with Crippen molar-refractivity contribution in [1.82, 2.24) is 9.78 Å². The number of aryl methyl sites for hydroxylation is 1. The number of hydrogen-bond donors (Lipinski definition) is 0. The van der Waals surface area contributed by atoms with E-state index in [-0.39, 0.29) is 5.88 Å². The van der Waals surface area contributed by atoms with Crippen molar-refractivity contribution in [1.29, 1.82) is 0 Å². The normalized spacial score (nSPS) is 14.2. The molecule has 1 heterocycles. The number of aromatic nitrogens is 2. The van der Waals surface area contributed by atoms with Gasteiger partial charge in [-0.15, -0.1) is 0 Å². The lowest BCUT2D eigenvalue weighted by atomic mass is 10.1. The van der Waals surface area contributed by atoms with Crippen molar-refractivity contribution in [3.05, 3.63) is 34.9 Å². The van der Waals surface area contributed by atoms with Crippen LogP contribution in [0.4, 0.5) is 0 Å². The summed E-state index contributed by atoms with van der Waals surface area (Å²) < 4.78 is 28.8. The molecule has 0 N–H and O–H groups in total. The first-order valence-corrected chi connectivity index (χ1v) is 9.26. The van der Waals surface area contributed by atoms with E-state index in [1.807, 2.05) is 12.1 Å². The van der Waals surface area contributed by atoms with Gasteiger partial charge in [-0.25, -0.2) is 4.68 Å². The molecule has 5 nitrogen and oxygen atoms in total. The molecule has 1 aromatic heterocycles. The molecule has 7 heteroatoms.